The predicted molar refractivity (Wildman–Crippen MR) is 120 cm³/mol. The van der Waals surface area contributed by atoms with Crippen LogP contribution in [-0.4, -0.2) is 76.6 Å². The van der Waals surface area contributed by atoms with E-state index >= 15 is 0 Å². The van der Waals surface area contributed by atoms with Gasteiger partial charge in [-0.25, -0.2) is 13.2 Å². The van der Waals surface area contributed by atoms with Crippen molar-refractivity contribution in [2.24, 2.45) is 0 Å². The molecule has 10 heteroatoms. The number of esters is 1. The van der Waals surface area contributed by atoms with Crippen molar-refractivity contribution in [2.75, 3.05) is 47.1 Å². The Kier molecular flexibility index (Phi) is 8.06. The van der Waals surface area contributed by atoms with E-state index in [4.69, 9.17) is 14.2 Å². The number of hydrogen-bond acceptors (Lipinski definition) is 7. The third-order valence-electron chi connectivity index (χ3n) is 5.57. The molecule has 0 spiro atoms. The summed E-state index contributed by atoms with van der Waals surface area (Å²) < 4.78 is 43.1. The lowest BCUT2D eigenvalue weighted by Crippen LogP contribution is -2.40. The van der Waals surface area contributed by atoms with Crippen LogP contribution in [0.15, 0.2) is 53.4 Å². The summed E-state index contributed by atoms with van der Waals surface area (Å²) in [6, 6.07) is 13.3. The van der Waals surface area contributed by atoms with Gasteiger partial charge in [-0.05, 0) is 30.7 Å². The highest BCUT2D eigenvalue weighted by Crippen LogP contribution is 2.29. The van der Waals surface area contributed by atoms with Gasteiger partial charge in [0.2, 0.25) is 10.0 Å². The second-order valence-corrected chi connectivity index (χ2v) is 9.46. The molecule has 1 saturated heterocycles. The van der Waals surface area contributed by atoms with E-state index in [1.54, 1.807) is 7.05 Å². The minimum Gasteiger partial charge on any atom is -0.495 e. The van der Waals surface area contributed by atoms with Crippen LogP contribution in [0.3, 0.4) is 0 Å². The fraction of sp³-hybridized carbons (Fsp3) is 0.391. The van der Waals surface area contributed by atoms with Crippen LogP contribution in [0.1, 0.15) is 28.9 Å². The summed E-state index contributed by atoms with van der Waals surface area (Å²) in [5, 5.41) is 0. The molecule has 0 aromatic heterocycles. The molecule has 1 fully saturated rings. The Hall–Kier alpha value is -2.95. The molecule has 9 nitrogen and oxygen atoms in total. The molecule has 0 radical (unpaired) electrons. The minimum atomic E-state index is -3.90. The topological polar surface area (TPSA) is 102 Å². The van der Waals surface area contributed by atoms with E-state index in [1.165, 1.54) is 34.5 Å². The monoisotopic (exact) mass is 476 g/mol. The summed E-state index contributed by atoms with van der Waals surface area (Å²) in [5.41, 5.74) is 0.960. The number of ether oxygens (including phenoxy) is 3. The van der Waals surface area contributed by atoms with E-state index in [1.807, 2.05) is 37.3 Å². The number of amides is 1. The second-order valence-electron chi connectivity index (χ2n) is 7.55. The lowest BCUT2D eigenvalue weighted by Gasteiger charge is -2.27. The van der Waals surface area contributed by atoms with Crippen molar-refractivity contribution in [3.05, 3.63) is 59.7 Å². The maximum absolute atomic E-state index is 13.1. The predicted octanol–water partition coefficient (Wildman–Crippen LogP) is 2.09. The molecule has 2 aromatic rings. The molecule has 0 aliphatic carbocycles. The van der Waals surface area contributed by atoms with Gasteiger partial charge in [-0.15, -0.1) is 0 Å². The molecular weight excluding hydrogens is 448 g/mol. The van der Waals surface area contributed by atoms with Crippen LogP contribution in [0.4, 0.5) is 0 Å². The molecule has 178 valence electrons. The van der Waals surface area contributed by atoms with Crippen LogP contribution < -0.4 is 4.74 Å². The van der Waals surface area contributed by atoms with Gasteiger partial charge in [0.15, 0.2) is 6.61 Å². The third kappa shape index (κ3) is 5.70. The van der Waals surface area contributed by atoms with E-state index in [2.05, 4.69) is 0 Å². The Morgan fingerprint density at radius 2 is 1.79 bits per heavy atom. The summed E-state index contributed by atoms with van der Waals surface area (Å²) in [6.45, 7) is 2.41. The first-order valence-electron chi connectivity index (χ1n) is 10.5. The summed E-state index contributed by atoms with van der Waals surface area (Å²) >= 11 is 0. The number of morpholine rings is 1. The summed E-state index contributed by atoms with van der Waals surface area (Å²) in [6.07, 6.45) is 0. The normalized spacial score (nSPS) is 15.5. The lowest BCUT2D eigenvalue weighted by atomic mass is 10.1. The van der Waals surface area contributed by atoms with Crippen LogP contribution in [0.5, 0.6) is 5.75 Å². The number of methoxy groups -OCH3 is 1. The second kappa shape index (κ2) is 10.8. The number of hydrogen-bond donors (Lipinski definition) is 0. The Morgan fingerprint density at radius 1 is 1.12 bits per heavy atom. The quantitative estimate of drug-likeness (QED) is 0.538. The zero-order chi connectivity index (χ0) is 24.0. The number of sulfonamides is 1. The molecular formula is C23H28N2O7S. The number of nitrogens with zero attached hydrogens (tertiary/aromatic N) is 2. The number of benzene rings is 2. The summed E-state index contributed by atoms with van der Waals surface area (Å²) in [4.78, 5) is 26.5. The lowest BCUT2D eigenvalue weighted by molar-refractivity contribution is -0.135. The molecule has 1 aliphatic heterocycles. The van der Waals surface area contributed by atoms with E-state index in [0.717, 1.165) is 5.56 Å². The third-order valence-corrected chi connectivity index (χ3v) is 7.49. The molecule has 0 bridgehead atoms. The van der Waals surface area contributed by atoms with E-state index in [-0.39, 0.29) is 41.2 Å². The maximum atomic E-state index is 13.1. The molecule has 1 amide bonds. The van der Waals surface area contributed by atoms with E-state index in [9.17, 15) is 18.0 Å². The average Bonchev–Trinajstić information content (AvgIpc) is 2.86. The van der Waals surface area contributed by atoms with Crippen molar-refractivity contribution in [2.45, 2.75) is 17.9 Å². The first-order chi connectivity index (χ1) is 15.8. The first-order valence-corrected chi connectivity index (χ1v) is 11.9. The van der Waals surface area contributed by atoms with Gasteiger partial charge in [0.1, 0.15) is 10.6 Å². The van der Waals surface area contributed by atoms with E-state index in [0.29, 0.717) is 13.2 Å². The first kappa shape index (κ1) is 24.7. The highest BCUT2D eigenvalue weighted by Gasteiger charge is 2.30. The Morgan fingerprint density at radius 3 is 2.42 bits per heavy atom. The molecule has 1 unspecified atom stereocenters. The molecule has 1 atom stereocenters. The van der Waals surface area contributed by atoms with Crippen LogP contribution in [-0.2, 0) is 24.3 Å². The molecule has 0 N–H and O–H groups in total. The van der Waals surface area contributed by atoms with Gasteiger partial charge in [-0.3, -0.25) is 4.79 Å². The molecule has 0 saturated carbocycles. The van der Waals surface area contributed by atoms with Crippen molar-refractivity contribution in [1.29, 1.82) is 0 Å². The molecule has 1 heterocycles. The molecule has 3 rings (SSSR count). The van der Waals surface area contributed by atoms with E-state index < -0.39 is 22.6 Å². The van der Waals surface area contributed by atoms with Gasteiger partial charge in [0, 0.05) is 20.1 Å². The Bertz CT molecular complexity index is 1080. The smallest absolute Gasteiger partial charge is 0.338 e. The van der Waals surface area contributed by atoms with Crippen LogP contribution >= 0.6 is 0 Å². The van der Waals surface area contributed by atoms with Crippen molar-refractivity contribution < 1.29 is 32.2 Å². The Labute approximate surface area is 193 Å². The standard InChI is InChI=1S/C23H28N2O7S/c1-17(18-7-5-4-6-8-18)24(2)22(26)16-32-23(27)19-9-10-20(30-3)21(15-19)33(28,29)25-11-13-31-14-12-25/h4-10,15,17H,11-14,16H2,1-3H3. The van der Waals surface area contributed by atoms with Gasteiger partial charge in [0.25, 0.3) is 5.91 Å². The van der Waals surface area contributed by atoms with Gasteiger partial charge in [0.05, 0.1) is 31.9 Å². The average molecular weight is 477 g/mol. The maximum Gasteiger partial charge on any atom is 0.338 e. The SMILES string of the molecule is COc1ccc(C(=O)OCC(=O)N(C)C(C)c2ccccc2)cc1S(=O)(=O)N1CCOCC1. The Balaban J connectivity index is 1.71. The van der Waals surface area contributed by atoms with Crippen molar-refractivity contribution >= 4 is 21.9 Å². The van der Waals surface area contributed by atoms with Crippen LogP contribution in [0.2, 0.25) is 0 Å². The van der Waals surface area contributed by atoms with Gasteiger partial charge >= 0.3 is 5.97 Å². The van der Waals surface area contributed by atoms with Crippen LogP contribution in [0, 0.1) is 0 Å². The molecule has 2 aromatic carbocycles. The van der Waals surface area contributed by atoms with Crippen LogP contribution in [0.25, 0.3) is 0 Å². The zero-order valence-electron chi connectivity index (χ0n) is 18.9. The zero-order valence-corrected chi connectivity index (χ0v) is 19.7. The molecule has 1 aliphatic rings. The highest BCUT2D eigenvalue weighted by atomic mass is 32.2. The highest BCUT2D eigenvalue weighted by molar-refractivity contribution is 7.89. The number of rotatable bonds is 8. The van der Waals surface area contributed by atoms with Gasteiger partial charge in [-0.2, -0.15) is 4.31 Å². The summed E-state index contributed by atoms with van der Waals surface area (Å²) in [5.74, 6) is -1.06. The fourth-order valence-electron chi connectivity index (χ4n) is 3.41. The van der Waals surface area contributed by atoms with Crippen molar-refractivity contribution in [1.82, 2.24) is 9.21 Å². The molecule has 33 heavy (non-hydrogen) atoms. The largest absolute Gasteiger partial charge is 0.495 e. The fourth-order valence-corrected chi connectivity index (χ4v) is 5.00. The minimum absolute atomic E-state index is 0.00851. The van der Waals surface area contributed by atoms with Gasteiger partial charge < -0.3 is 19.1 Å². The number of likely N-dealkylation sites (N-methyl/N-ethyl adjacent to an activating group) is 1. The van der Waals surface area contributed by atoms with Gasteiger partial charge in [-0.1, -0.05) is 30.3 Å². The van der Waals surface area contributed by atoms with Crippen molar-refractivity contribution in [3.63, 3.8) is 0 Å². The van der Waals surface area contributed by atoms with Crippen molar-refractivity contribution in [3.8, 4) is 5.75 Å². The summed E-state index contributed by atoms with van der Waals surface area (Å²) in [7, 11) is -0.914. The number of carbonyl (C=O) groups is 2. The number of carbonyl (C=O) groups excluding carboxylic acids is 2.